The van der Waals surface area contributed by atoms with Crippen molar-refractivity contribution < 1.29 is 13.2 Å². The number of hydrogen-bond donors (Lipinski definition) is 1. The highest BCUT2D eigenvalue weighted by Crippen LogP contribution is 2.34. The Morgan fingerprint density at radius 3 is 2.62 bits per heavy atom. The van der Waals surface area contributed by atoms with Crippen LogP contribution in [0, 0.1) is 0 Å². The highest BCUT2D eigenvalue weighted by molar-refractivity contribution is 7.89. The van der Waals surface area contributed by atoms with E-state index in [1.165, 1.54) is 17.4 Å². The Bertz CT molecular complexity index is 912. The summed E-state index contributed by atoms with van der Waals surface area (Å²) in [4.78, 5) is 11.9. The molecule has 2 aromatic rings. The molecule has 5 nitrogen and oxygen atoms in total. The molecule has 0 spiro atoms. The van der Waals surface area contributed by atoms with Crippen LogP contribution < -0.4 is 5.32 Å². The van der Waals surface area contributed by atoms with Crippen molar-refractivity contribution in [3.63, 3.8) is 0 Å². The molecule has 0 radical (unpaired) electrons. The predicted molar refractivity (Wildman–Crippen MR) is 93.6 cm³/mol. The molecule has 0 saturated carbocycles. The molecular formula is C17H17ClN2O3S. The lowest BCUT2D eigenvalue weighted by Gasteiger charge is -2.18. The molecule has 0 unspecified atom stereocenters. The predicted octanol–water partition coefficient (Wildman–Crippen LogP) is 3.22. The second kappa shape index (κ2) is 6.20. The topological polar surface area (TPSA) is 66.5 Å². The Balaban J connectivity index is 1.91. The normalized spacial score (nSPS) is 17.0. The average Bonchev–Trinajstić information content (AvgIpc) is 2.84. The van der Waals surface area contributed by atoms with Crippen LogP contribution in [0.3, 0.4) is 0 Å². The highest BCUT2D eigenvalue weighted by atomic mass is 35.5. The van der Waals surface area contributed by atoms with Gasteiger partial charge >= 0.3 is 0 Å². The van der Waals surface area contributed by atoms with Gasteiger partial charge in [0.2, 0.25) is 15.9 Å². The van der Waals surface area contributed by atoms with Crippen molar-refractivity contribution in [1.82, 2.24) is 4.31 Å². The molecule has 24 heavy (non-hydrogen) atoms. The van der Waals surface area contributed by atoms with Crippen molar-refractivity contribution >= 4 is 33.2 Å². The number of fused-ring (bicyclic) bond motifs is 1. The number of nitrogens with zero attached hydrogens (tertiary/aromatic N) is 1. The summed E-state index contributed by atoms with van der Waals surface area (Å²) in [6.45, 7) is 1.93. The van der Waals surface area contributed by atoms with Gasteiger partial charge in [0.15, 0.2) is 0 Å². The van der Waals surface area contributed by atoms with Crippen LogP contribution in [0.15, 0.2) is 47.4 Å². The first-order valence-corrected chi connectivity index (χ1v) is 9.27. The number of anilines is 1. The molecule has 1 N–H and O–H groups in total. The maximum absolute atomic E-state index is 12.8. The van der Waals surface area contributed by atoms with Crippen molar-refractivity contribution in [3.8, 4) is 0 Å². The zero-order chi connectivity index (χ0) is 17.5. The van der Waals surface area contributed by atoms with Crippen LogP contribution in [0.4, 0.5) is 5.69 Å². The molecule has 2 aromatic carbocycles. The van der Waals surface area contributed by atoms with E-state index in [4.69, 9.17) is 11.6 Å². The van der Waals surface area contributed by atoms with Crippen LogP contribution in [0.1, 0.15) is 24.0 Å². The summed E-state index contributed by atoms with van der Waals surface area (Å²) in [7, 11) is -2.17. The molecule has 1 atom stereocenters. The molecule has 0 aromatic heterocycles. The van der Waals surface area contributed by atoms with Gasteiger partial charge in [0.25, 0.3) is 0 Å². The fourth-order valence-electron chi connectivity index (χ4n) is 2.69. The van der Waals surface area contributed by atoms with Gasteiger partial charge in [-0.25, -0.2) is 8.42 Å². The minimum absolute atomic E-state index is 0.121. The zero-order valence-corrected chi connectivity index (χ0v) is 14.9. The fraction of sp³-hybridized carbons (Fsp3) is 0.235. The summed E-state index contributed by atoms with van der Waals surface area (Å²) in [5, 5.41) is 3.26. The van der Waals surface area contributed by atoms with Crippen LogP contribution >= 0.6 is 11.6 Å². The van der Waals surface area contributed by atoms with Crippen molar-refractivity contribution in [2.24, 2.45) is 0 Å². The van der Waals surface area contributed by atoms with E-state index in [1.54, 1.807) is 37.3 Å². The summed E-state index contributed by atoms with van der Waals surface area (Å²) < 4.78 is 26.9. The van der Waals surface area contributed by atoms with Gasteiger partial charge in [-0.3, -0.25) is 4.79 Å². The molecule has 0 saturated heterocycles. The molecule has 0 fully saturated rings. The number of benzene rings is 2. The Hall–Kier alpha value is -1.89. The van der Waals surface area contributed by atoms with Gasteiger partial charge in [-0.2, -0.15) is 4.31 Å². The summed E-state index contributed by atoms with van der Waals surface area (Å²) >= 11 is 6.11. The summed E-state index contributed by atoms with van der Waals surface area (Å²) in [6, 6.07) is 11.8. The molecule has 3 rings (SSSR count). The fourth-order valence-corrected chi connectivity index (χ4v) is 4.07. The van der Waals surface area contributed by atoms with Gasteiger partial charge in [0, 0.05) is 24.3 Å². The molecule has 1 amide bonds. The van der Waals surface area contributed by atoms with E-state index in [1.807, 2.05) is 6.07 Å². The Labute approximate surface area is 146 Å². The maximum Gasteiger partial charge on any atom is 0.243 e. The number of nitrogens with one attached hydrogen (secondary N) is 1. The van der Waals surface area contributed by atoms with Crippen LogP contribution in [0.2, 0.25) is 5.02 Å². The van der Waals surface area contributed by atoms with Gasteiger partial charge in [-0.1, -0.05) is 29.8 Å². The van der Waals surface area contributed by atoms with E-state index in [2.05, 4.69) is 5.32 Å². The second-order valence-corrected chi connectivity index (χ2v) is 8.26. The number of carbonyl (C=O) groups is 1. The first-order valence-electron chi connectivity index (χ1n) is 7.45. The number of rotatable bonds is 4. The van der Waals surface area contributed by atoms with Crippen molar-refractivity contribution in [2.75, 3.05) is 12.4 Å². The van der Waals surface area contributed by atoms with E-state index in [0.717, 1.165) is 5.56 Å². The Morgan fingerprint density at radius 1 is 1.21 bits per heavy atom. The lowest BCUT2D eigenvalue weighted by atomic mass is 10.0. The van der Waals surface area contributed by atoms with Gasteiger partial charge in [0.1, 0.15) is 0 Å². The number of sulfonamides is 1. The van der Waals surface area contributed by atoms with E-state index in [0.29, 0.717) is 16.3 Å². The summed E-state index contributed by atoms with van der Waals surface area (Å²) in [5.41, 5.74) is 2.10. The zero-order valence-electron chi connectivity index (χ0n) is 13.3. The van der Waals surface area contributed by atoms with Gasteiger partial charge in [-0.15, -0.1) is 0 Å². The van der Waals surface area contributed by atoms with Crippen molar-refractivity contribution in [3.05, 3.63) is 58.6 Å². The number of hydrogen-bond acceptors (Lipinski definition) is 3. The Kier molecular flexibility index (Phi) is 4.38. The third-order valence-corrected chi connectivity index (χ3v) is 6.37. The third kappa shape index (κ3) is 2.92. The molecular weight excluding hydrogens is 348 g/mol. The van der Waals surface area contributed by atoms with E-state index < -0.39 is 10.0 Å². The van der Waals surface area contributed by atoms with E-state index >= 15 is 0 Å². The van der Waals surface area contributed by atoms with Gasteiger partial charge < -0.3 is 5.32 Å². The van der Waals surface area contributed by atoms with Crippen molar-refractivity contribution in [2.45, 2.75) is 24.3 Å². The average molecular weight is 365 g/mol. The van der Waals surface area contributed by atoms with Gasteiger partial charge in [0.05, 0.1) is 10.8 Å². The van der Waals surface area contributed by atoms with E-state index in [9.17, 15) is 13.2 Å². The quantitative estimate of drug-likeness (QED) is 0.905. The molecule has 126 valence electrons. The third-order valence-electron chi connectivity index (χ3n) is 4.20. The molecule has 1 aliphatic rings. The van der Waals surface area contributed by atoms with Crippen molar-refractivity contribution in [1.29, 1.82) is 0 Å². The number of halogens is 1. The maximum atomic E-state index is 12.8. The summed E-state index contributed by atoms with van der Waals surface area (Å²) in [5.74, 6) is -0.479. The minimum Gasteiger partial charge on any atom is -0.325 e. The molecule has 7 heteroatoms. The minimum atomic E-state index is -3.68. The second-order valence-electron chi connectivity index (χ2n) is 5.81. The van der Waals surface area contributed by atoms with E-state index in [-0.39, 0.29) is 23.3 Å². The van der Waals surface area contributed by atoms with Crippen LogP contribution in [-0.4, -0.2) is 25.7 Å². The largest absolute Gasteiger partial charge is 0.325 e. The van der Waals surface area contributed by atoms with Gasteiger partial charge in [-0.05, 0) is 42.3 Å². The molecule has 1 heterocycles. The molecule has 1 aliphatic heterocycles. The molecule has 0 aliphatic carbocycles. The van der Waals surface area contributed by atoms with Crippen LogP contribution in [0.25, 0.3) is 0 Å². The first kappa shape index (κ1) is 17.0. The SMILES string of the molecule is C[C@@H]1C(=O)Nc2ccc(S(=O)(=O)N(C)Cc3ccccc3Cl)cc21. The highest BCUT2D eigenvalue weighted by Gasteiger charge is 2.29. The van der Waals surface area contributed by atoms with Crippen LogP contribution in [-0.2, 0) is 21.4 Å². The lowest BCUT2D eigenvalue weighted by Crippen LogP contribution is -2.26. The van der Waals surface area contributed by atoms with Crippen LogP contribution in [0.5, 0.6) is 0 Å². The number of amides is 1. The lowest BCUT2D eigenvalue weighted by molar-refractivity contribution is -0.116. The summed E-state index contributed by atoms with van der Waals surface area (Å²) in [6.07, 6.45) is 0. The number of carbonyl (C=O) groups excluding carboxylic acids is 1. The standard InChI is InChI=1S/C17H17ClN2O3S/c1-11-14-9-13(7-8-16(14)19-17(11)21)24(22,23)20(2)10-12-5-3-4-6-15(12)18/h3-9,11H,10H2,1-2H3,(H,19,21)/t11-/m0/s1. The Morgan fingerprint density at radius 2 is 1.92 bits per heavy atom. The monoisotopic (exact) mass is 364 g/mol. The molecule has 0 bridgehead atoms. The smallest absolute Gasteiger partial charge is 0.243 e. The first-order chi connectivity index (χ1) is 11.3.